The minimum Gasteiger partial charge on any atom is -0.505 e. The van der Waals surface area contributed by atoms with Gasteiger partial charge in [0.2, 0.25) is 5.88 Å². The summed E-state index contributed by atoms with van der Waals surface area (Å²) in [4.78, 5) is 47.8. The smallest absolute Gasteiger partial charge is 0.410 e. The molecule has 2 amide bonds. The van der Waals surface area contributed by atoms with E-state index in [2.05, 4.69) is 24.9 Å². The number of halogens is 3. The van der Waals surface area contributed by atoms with E-state index < -0.39 is 22.8 Å². The standard InChI is InChI=1S/C29H32FN3O5.C19H24ClN3O4.C9H8FNO/c1-17-12-18-6-7-23(26(30)20(18)13-17)37-27-21-14-24(35-5)25(15-22(21)31-16-32-27)36-19-8-10-33(11-9-19)28(34)38-29(2,3)4;1-19(2,3)27-18(24)23-7-5-12(6-8-23)26-16-10-14-13(9-15(16)25-4)17(20)22-11-21-14;1-5-4-6-7(11-5)2-3-8(12)9(6)10/h6-7,13-16,19H,8-12H2,1-5H3;9-12H,5-8H2,1-4H3;2-4,11-12H,1H3. The van der Waals surface area contributed by atoms with Crippen LogP contribution >= 0.6 is 11.6 Å². The van der Waals surface area contributed by atoms with Crippen LogP contribution in [0.3, 0.4) is 0 Å². The van der Waals surface area contributed by atoms with Crippen molar-refractivity contribution in [2.75, 3.05) is 40.4 Å². The summed E-state index contributed by atoms with van der Waals surface area (Å²) < 4.78 is 68.6. The van der Waals surface area contributed by atoms with Crippen LogP contribution in [0.5, 0.6) is 40.4 Å². The molecule has 7 aromatic rings. The summed E-state index contributed by atoms with van der Waals surface area (Å²) >= 11 is 6.12. The number of allylic oxidation sites excluding steroid dienone is 1. The van der Waals surface area contributed by atoms with Gasteiger partial charge in [-0.25, -0.2) is 38.3 Å². The summed E-state index contributed by atoms with van der Waals surface area (Å²) in [7, 11) is 3.13. The van der Waals surface area contributed by atoms with E-state index in [4.69, 9.17) is 49.9 Å². The van der Waals surface area contributed by atoms with Crippen molar-refractivity contribution >= 4 is 62.6 Å². The van der Waals surface area contributed by atoms with Gasteiger partial charge in [0.15, 0.2) is 46.1 Å². The van der Waals surface area contributed by atoms with E-state index in [0.29, 0.717) is 118 Å². The Kier molecular flexibility index (Phi) is 16.8. The molecular formula is C57H64ClF2N7O10. The van der Waals surface area contributed by atoms with Crippen LogP contribution in [0, 0.1) is 18.6 Å². The summed E-state index contributed by atoms with van der Waals surface area (Å²) in [6.07, 6.45) is 7.41. The van der Waals surface area contributed by atoms with Crippen LogP contribution in [0.15, 0.2) is 72.8 Å². The molecule has 408 valence electrons. The number of hydrogen-bond donors (Lipinski definition) is 2. The van der Waals surface area contributed by atoms with Gasteiger partial charge in [-0.05, 0) is 104 Å². The second kappa shape index (κ2) is 23.3. The number of carbonyl (C=O) groups excluding carboxylic acids is 2. The number of phenols is 1. The van der Waals surface area contributed by atoms with Crippen LogP contribution in [0.2, 0.25) is 5.15 Å². The van der Waals surface area contributed by atoms with Crippen molar-refractivity contribution in [2.24, 2.45) is 0 Å². The Morgan fingerprint density at radius 2 is 1.19 bits per heavy atom. The Morgan fingerprint density at radius 3 is 1.74 bits per heavy atom. The highest BCUT2D eigenvalue weighted by Crippen LogP contribution is 2.40. The molecule has 0 atom stereocenters. The van der Waals surface area contributed by atoms with E-state index in [-0.39, 0.29) is 41.8 Å². The third-order valence-corrected chi connectivity index (χ3v) is 13.0. The fourth-order valence-corrected chi connectivity index (χ4v) is 9.18. The topological polar surface area (TPSA) is 193 Å². The fourth-order valence-electron chi connectivity index (χ4n) is 8.98. The van der Waals surface area contributed by atoms with Gasteiger partial charge in [0.25, 0.3) is 0 Å². The molecule has 3 aromatic heterocycles. The molecule has 17 nitrogen and oxygen atoms in total. The number of ether oxygens (including phenoxy) is 7. The van der Waals surface area contributed by atoms with Crippen LogP contribution in [0.1, 0.15) is 91.0 Å². The Morgan fingerprint density at radius 1 is 0.662 bits per heavy atom. The molecule has 2 saturated heterocycles. The van der Waals surface area contributed by atoms with Crippen molar-refractivity contribution < 1.29 is 56.6 Å². The highest BCUT2D eigenvalue weighted by Gasteiger charge is 2.30. The molecule has 1 aliphatic carbocycles. The van der Waals surface area contributed by atoms with Crippen molar-refractivity contribution in [2.45, 2.75) is 111 Å². The monoisotopic (exact) mass is 1080 g/mol. The normalized spacial score (nSPS) is 14.9. The lowest BCUT2D eigenvalue weighted by Crippen LogP contribution is -2.44. The maximum atomic E-state index is 15.2. The summed E-state index contributed by atoms with van der Waals surface area (Å²) in [6, 6.07) is 15.3. The third-order valence-electron chi connectivity index (χ3n) is 12.7. The number of rotatable bonds is 8. The molecule has 20 heteroatoms. The van der Waals surface area contributed by atoms with E-state index in [0.717, 1.165) is 23.3 Å². The highest BCUT2D eigenvalue weighted by atomic mass is 35.5. The Labute approximate surface area is 450 Å². The predicted octanol–water partition coefficient (Wildman–Crippen LogP) is 12.7. The molecule has 77 heavy (non-hydrogen) atoms. The van der Waals surface area contributed by atoms with Crippen LogP contribution in [-0.4, -0.2) is 116 Å². The third kappa shape index (κ3) is 13.7. The zero-order valence-corrected chi connectivity index (χ0v) is 45.6. The van der Waals surface area contributed by atoms with Crippen LogP contribution in [-0.2, 0) is 15.9 Å². The molecule has 2 N–H and O–H groups in total. The number of carbonyl (C=O) groups is 2. The van der Waals surface area contributed by atoms with E-state index in [1.165, 1.54) is 18.7 Å². The maximum absolute atomic E-state index is 15.2. The average molecular weight is 1080 g/mol. The molecule has 10 rings (SSSR count). The second-order valence-electron chi connectivity index (χ2n) is 21.0. The number of likely N-dealkylation sites (tertiary alicyclic amines) is 2. The summed E-state index contributed by atoms with van der Waals surface area (Å²) in [5.74, 6) is 1.26. The molecule has 0 bridgehead atoms. The molecular weight excluding hydrogens is 1020 g/mol. The van der Waals surface area contributed by atoms with E-state index in [1.54, 1.807) is 60.4 Å². The first kappa shape index (κ1) is 55.6. The number of hydrogen-bond acceptors (Lipinski definition) is 14. The number of H-pyrrole nitrogens is 1. The first-order valence-corrected chi connectivity index (χ1v) is 25.7. The van der Waals surface area contributed by atoms with Gasteiger partial charge in [0.05, 0.1) is 30.6 Å². The Bertz CT molecular complexity index is 3330. The van der Waals surface area contributed by atoms with Gasteiger partial charge in [0.1, 0.15) is 41.2 Å². The fraction of sp³-hybridized carbons (Fsp3) is 0.404. The molecule has 0 saturated carbocycles. The van der Waals surface area contributed by atoms with Crippen LogP contribution in [0.25, 0.3) is 38.8 Å². The number of aromatic amines is 1. The summed E-state index contributed by atoms with van der Waals surface area (Å²) in [5, 5.41) is 11.1. The zero-order valence-electron chi connectivity index (χ0n) is 44.9. The number of benzene rings is 4. The lowest BCUT2D eigenvalue weighted by molar-refractivity contribution is 0.0113. The lowest BCUT2D eigenvalue weighted by atomic mass is 10.1. The molecule has 2 aliphatic heterocycles. The van der Waals surface area contributed by atoms with Gasteiger partial charge in [-0.15, -0.1) is 0 Å². The van der Waals surface area contributed by atoms with E-state index in [1.807, 2.05) is 73.6 Å². The molecule has 3 aliphatic rings. The maximum Gasteiger partial charge on any atom is 0.410 e. The SMILES string of the molecule is COc1cc2c(Cl)ncnc2cc1OC1CCN(C(=O)OC(C)(C)C)CC1.COc1cc2c(Oc3ccc4c(c3F)C=C(C)C4)ncnc2cc1OC1CCN(C(=O)OC(C)(C)C)CC1.Cc1cc2c(F)c(O)ccc2[nH]1. The minimum absolute atomic E-state index is 0.0210. The number of piperidine rings is 2. The number of amides is 2. The van der Waals surface area contributed by atoms with Gasteiger partial charge in [0, 0.05) is 91.5 Å². The molecule has 0 radical (unpaired) electrons. The number of aromatic hydroxyl groups is 1. The van der Waals surface area contributed by atoms with Crippen LogP contribution in [0.4, 0.5) is 18.4 Å². The molecule has 2 fully saturated rings. The lowest BCUT2D eigenvalue weighted by Gasteiger charge is -2.33. The summed E-state index contributed by atoms with van der Waals surface area (Å²) in [5.41, 5.74) is 4.45. The number of methoxy groups -OCH3 is 2. The second-order valence-corrected chi connectivity index (χ2v) is 21.3. The highest BCUT2D eigenvalue weighted by molar-refractivity contribution is 6.34. The van der Waals surface area contributed by atoms with Gasteiger partial charge in [-0.2, -0.15) is 0 Å². The van der Waals surface area contributed by atoms with Crippen molar-refractivity contribution in [3.05, 3.63) is 106 Å². The predicted molar refractivity (Wildman–Crippen MR) is 289 cm³/mol. The number of aryl methyl sites for hydroxylation is 1. The first-order chi connectivity index (χ1) is 36.6. The van der Waals surface area contributed by atoms with E-state index in [9.17, 15) is 14.0 Å². The molecule has 0 unspecified atom stereocenters. The molecule has 4 aromatic carbocycles. The van der Waals surface area contributed by atoms with Crippen molar-refractivity contribution in [3.63, 3.8) is 0 Å². The minimum atomic E-state index is -0.558. The number of fused-ring (bicyclic) bond motifs is 4. The van der Waals surface area contributed by atoms with Crippen molar-refractivity contribution in [1.82, 2.24) is 34.7 Å². The first-order valence-electron chi connectivity index (χ1n) is 25.3. The quantitative estimate of drug-likeness (QED) is 0.137. The zero-order chi connectivity index (χ0) is 55.3. The Hall–Kier alpha value is -7.67. The van der Waals surface area contributed by atoms with Gasteiger partial charge in [-0.3, -0.25) is 0 Å². The number of nitrogens with one attached hydrogen (secondary N) is 1. The Balaban J connectivity index is 0.000000173. The van der Waals surface area contributed by atoms with Gasteiger partial charge in [-0.1, -0.05) is 29.3 Å². The number of aromatic nitrogens is 5. The van der Waals surface area contributed by atoms with Crippen molar-refractivity contribution in [3.8, 4) is 40.4 Å². The summed E-state index contributed by atoms with van der Waals surface area (Å²) in [6.45, 7) is 17.2. The number of phenolic OH excluding ortho intramolecular Hbond substituents is 1. The molecule has 5 heterocycles. The average Bonchev–Trinajstić information content (AvgIpc) is 3.98. The van der Waals surface area contributed by atoms with Crippen LogP contribution < -0.4 is 23.7 Å². The van der Waals surface area contributed by atoms with Crippen molar-refractivity contribution in [1.29, 1.82) is 0 Å². The van der Waals surface area contributed by atoms with Gasteiger partial charge >= 0.3 is 12.2 Å². The van der Waals surface area contributed by atoms with Gasteiger partial charge < -0.3 is 53.0 Å². The largest absolute Gasteiger partial charge is 0.505 e. The number of nitrogens with zero attached hydrogens (tertiary/aromatic N) is 6. The van der Waals surface area contributed by atoms with E-state index >= 15 is 4.39 Å². The molecule has 0 spiro atoms.